The second kappa shape index (κ2) is 16.7. The van der Waals surface area contributed by atoms with Gasteiger partial charge in [-0.05, 0) is 51.5 Å². The number of methoxy groups -OCH3 is 1. The van der Waals surface area contributed by atoms with Crippen molar-refractivity contribution in [1.82, 2.24) is 0 Å². The van der Waals surface area contributed by atoms with E-state index in [1.165, 1.54) is 14.0 Å². The molecule has 0 radical (unpaired) electrons. The Bertz CT molecular complexity index is 1920. The van der Waals surface area contributed by atoms with Crippen LogP contribution < -0.4 is 14.9 Å². The van der Waals surface area contributed by atoms with Gasteiger partial charge in [-0.25, -0.2) is 0 Å². The summed E-state index contributed by atoms with van der Waals surface area (Å²) in [6, 6.07) is 7.30. The molecule has 2 aliphatic rings. The van der Waals surface area contributed by atoms with Gasteiger partial charge in [0.1, 0.15) is 71.4 Å². The lowest BCUT2D eigenvalue weighted by Crippen LogP contribution is -2.65. The summed E-state index contributed by atoms with van der Waals surface area (Å²) in [7, 11) is 1.46. The molecule has 17 heteroatoms. The molecule has 0 unspecified atom stereocenters. The molecule has 0 amide bonds. The lowest BCUT2D eigenvalue weighted by Gasteiger charge is -2.46. The van der Waals surface area contributed by atoms with Crippen LogP contribution >= 0.6 is 0 Å². The number of aromatic hydroxyl groups is 2. The zero-order valence-corrected chi connectivity index (χ0v) is 30.3. The molecule has 6 N–H and O–H groups in total. The molecule has 0 saturated carbocycles. The van der Waals surface area contributed by atoms with Gasteiger partial charge in [-0.3, -0.25) is 14.4 Å². The van der Waals surface area contributed by atoms with Gasteiger partial charge in [0.25, 0.3) is 0 Å². The van der Waals surface area contributed by atoms with E-state index in [-0.39, 0.29) is 40.0 Å². The molecular formula is C37H44O17. The second-order valence-electron chi connectivity index (χ2n) is 13.2. The number of carbonyl (C=O) groups excluding carboxylic acids is 2. The van der Waals surface area contributed by atoms with Crippen molar-refractivity contribution in [3.05, 3.63) is 57.8 Å². The molecule has 0 spiro atoms. The quantitative estimate of drug-likeness (QED) is 0.120. The van der Waals surface area contributed by atoms with Gasteiger partial charge in [0, 0.05) is 31.0 Å². The lowest BCUT2D eigenvalue weighted by atomic mass is 9.97. The van der Waals surface area contributed by atoms with Crippen LogP contribution in [0, 0.1) is 0 Å². The first-order valence-electron chi connectivity index (χ1n) is 17.0. The number of allylic oxidation sites excluding steroid dienone is 2. The Kier molecular flexibility index (Phi) is 12.5. The summed E-state index contributed by atoms with van der Waals surface area (Å²) < 4.78 is 45.5. The predicted molar refractivity (Wildman–Crippen MR) is 186 cm³/mol. The summed E-state index contributed by atoms with van der Waals surface area (Å²) in [5, 5.41) is 65.0. The number of aliphatic hydroxyl groups is 4. The van der Waals surface area contributed by atoms with Crippen molar-refractivity contribution >= 4 is 22.9 Å². The van der Waals surface area contributed by atoms with Crippen LogP contribution in [0.3, 0.4) is 0 Å². The number of rotatable bonds is 11. The first-order chi connectivity index (χ1) is 25.5. The van der Waals surface area contributed by atoms with E-state index in [0.29, 0.717) is 5.75 Å². The van der Waals surface area contributed by atoms with Crippen molar-refractivity contribution < 1.29 is 77.8 Å². The largest absolute Gasteiger partial charge is 0.507 e. The molecule has 294 valence electrons. The average Bonchev–Trinajstić information content (AvgIpc) is 3.11. The van der Waals surface area contributed by atoms with E-state index in [0.717, 1.165) is 25.5 Å². The molecule has 3 aromatic rings. The summed E-state index contributed by atoms with van der Waals surface area (Å²) in [4.78, 5) is 37.9. The number of phenolic OH excluding ortho intramolecular Hbond substituents is 2. The van der Waals surface area contributed by atoms with E-state index in [9.17, 15) is 45.0 Å². The Hall–Kier alpha value is -4.75. The van der Waals surface area contributed by atoms with Crippen molar-refractivity contribution in [1.29, 1.82) is 0 Å². The van der Waals surface area contributed by atoms with Crippen LogP contribution in [0.2, 0.25) is 0 Å². The second-order valence-corrected chi connectivity index (χ2v) is 13.2. The number of ether oxygens (including phenoxy) is 7. The molecule has 5 rings (SSSR count). The highest BCUT2D eigenvalue weighted by atomic mass is 16.7. The number of carbonyl (C=O) groups is 2. The zero-order chi connectivity index (χ0) is 39.6. The van der Waals surface area contributed by atoms with Crippen molar-refractivity contribution in [2.45, 2.75) is 102 Å². The van der Waals surface area contributed by atoms with Gasteiger partial charge < -0.3 is 68.2 Å². The summed E-state index contributed by atoms with van der Waals surface area (Å²) in [5.74, 6) is -2.70. The zero-order valence-electron chi connectivity index (χ0n) is 30.3. The first kappa shape index (κ1) is 40.4. The number of phenols is 2. The van der Waals surface area contributed by atoms with Crippen LogP contribution in [-0.4, -0.2) is 118 Å². The normalized spacial score (nSPS) is 28.3. The average molecular weight is 761 g/mol. The summed E-state index contributed by atoms with van der Waals surface area (Å²) >= 11 is 0. The SMILES string of the molecule is COc1ccc(-c2oc3c(CC=C(C)C)c(O)cc(O)c3c(=O)c2O[C@H]2O[C@@H](C)[C@H](OC(C)=O)[C@@H](O[C@H]3O[C@H](COC(C)=O)[C@H](O)[C@@H](O)[C@@H]3O)[C@H]2O)cc1. The van der Waals surface area contributed by atoms with E-state index < -0.39 is 96.9 Å². The molecule has 2 fully saturated rings. The number of hydrogen-bond donors (Lipinski definition) is 6. The van der Waals surface area contributed by atoms with Crippen molar-refractivity contribution in [2.24, 2.45) is 0 Å². The molecule has 1 aromatic heterocycles. The maximum atomic E-state index is 14.3. The van der Waals surface area contributed by atoms with E-state index in [1.807, 2.05) is 13.8 Å². The number of esters is 2. The fraction of sp³-hybridized carbons (Fsp3) is 0.486. The maximum Gasteiger partial charge on any atom is 0.303 e. The monoisotopic (exact) mass is 760 g/mol. The molecule has 10 atom stereocenters. The topological polar surface area (TPSA) is 250 Å². The molecule has 2 aliphatic heterocycles. The molecule has 54 heavy (non-hydrogen) atoms. The van der Waals surface area contributed by atoms with Crippen LogP contribution in [0.5, 0.6) is 23.0 Å². The lowest BCUT2D eigenvalue weighted by molar-refractivity contribution is -0.351. The van der Waals surface area contributed by atoms with Gasteiger partial charge in [-0.2, -0.15) is 0 Å². The van der Waals surface area contributed by atoms with Crippen LogP contribution in [0.4, 0.5) is 0 Å². The predicted octanol–water partition coefficient (Wildman–Crippen LogP) is 1.56. The Morgan fingerprint density at radius 2 is 1.54 bits per heavy atom. The Morgan fingerprint density at radius 3 is 2.15 bits per heavy atom. The van der Waals surface area contributed by atoms with Crippen molar-refractivity contribution in [3.8, 4) is 34.3 Å². The third kappa shape index (κ3) is 8.47. The maximum absolute atomic E-state index is 14.3. The van der Waals surface area contributed by atoms with Crippen molar-refractivity contribution in [3.63, 3.8) is 0 Å². The van der Waals surface area contributed by atoms with Gasteiger partial charge in [0.15, 0.2) is 18.2 Å². The van der Waals surface area contributed by atoms with E-state index in [2.05, 4.69) is 0 Å². The molecule has 17 nitrogen and oxygen atoms in total. The Morgan fingerprint density at radius 1 is 0.852 bits per heavy atom. The van der Waals surface area contributed by atoms with Crippen molar-refractivity contribution in [2.75, 3.05) is 13.7 Å². The highest BCUT2D eigenvalue weighted by Gasteiger charge is 2.52. The smallest absolute Gasteiger partial charge is 0.303 e. The molecule has 2 saturated heterocycles. The minimum absolute atomic E-state index is 0.129. The number of benzene rings is 2. The summed E-state index contributed by atoms with van der Waals surface area (Å²) in [6.45, 7) is 6.82. The number of aliphatic hydroxyl groups excluding tert-OH is 4. The van der Waals surface area contributed by atoms with Crippen LogP contribution in [-0.2, 0) is 39.7 Å². The van der Waals surface area contributed by atoms with Gasteiger partial charge in [-0.1, -0.05) is 11.6 Å². The minimum Gasteiger partial charge on any atom is -0.507 e. The summed E-state index contributed by atoms with van der Waals surface area (Å²) in [6.07, 6.45) is -14.6. The standard InChI is InChI=1S/C37H44O17/c1-15(2)7-12-21-22(40)13-23(41)25-27(43)34(32(52-33(21)25)19-8-10-20(47-6)11-9-19)53-37-30(46)35(31(16(3)49-37)50-18(5)39)54-36-29(45)28(44)26(42)24(51-36)14-48-17(4)38/h7-11,13,16,24,26,28-31,35-37,40-42,44-46H,12,14H2,1-6H3/t16-,24+,26-,28+,29-,30+,31-,35-,36+,37+/m0/s1. The third-order valence-electron chi connectivity index (χ3n) is 8.95. The fourth-order valence-electron chi connectivity index (χ4n) is 6.15. The van der Waals surface area contributed by atoms with Gasteiger partial charge >= 0.3 is 11.9 Å². The molecular weight excluding hydrogens is 716 g/mol. The highest BCUT2D eigenvalue weighted by Crippen LogP contribution is 2.41. The molecule has 2 aromatic carbocycles. The Balaban J connectivity index is 1.59. The molecule has 0 aliphatic carbocycles. The summed E-state index contributed by atoms with van der Waals surface area (Å²) in [5.41, 5.74) is 0.363. The Labute approximate surface area is 308 Å². The van der Waals surface area contributed by atoms with Crippen LogP contribution in [0.1, 0.15) is 40.2 Å². The van der Waals surface area contributed by atoms with Gasteiger partial charge in [0.05, 0.1) is 13.2 Å². The minimum atomic E-state index is -1.93. The first-order valence-corrected chi connectivity index (χ1v) is 17.0. The molecule has 0 bridgehead atoms. The highest BCUT2D eigenvalue weighted by molar-refractivity contribution is 5.91. The van der Waals surface area contributed by atoms with Crippen LogP contribution in [0.25, 0.3) is 22.3 Å². The van der Waals surface area contributed by atoms with E-state index >= 15 is 0 Å². The fourth-order valence-corrected chi connectivity index (χ4v) is 6.15. The van der Waals surface area contributed by atoms with E-state index in [4.69, 9.17) is 37.6 Å². The van der Waals surface area contributed by atoms with E-state index in [1.54, 1.807) is 30.3 Å². The number of hydrogen-bond acceptors (Lipinski definition) is 17. The molecule has 3 heterocycles. The number of fused-ring (bicyclic) bond motifs is 1. The van der Waals surface area contributed by atoms with Crippen LogP contribution in [0.15, 0.2) is 51.2 Å². The van der Waals surface area contributed by atoms with Gasteiger partial charge in [0.2, 0.25) is 17.5 Å². The van der Waals surface area contributed by atoms with Gasteiger partial charge in [-0.15, -0.1) is 0 Å². The third-order valence-corrected chi connectivity index (χ3v) is 8.95.